The number of benzene rings is 1. The van der Waals surface area contributed by atoms with Gasteiger partial charge in [-0.1, -0.05) is 37.3 Å². The summed E-state index contributed by atoms with van der Waals surface area (Å²) in [6.45, 7) is 7.61. The fourth-order valence-corrected chi connectivity index (χ4v) is 2.90. The van der Waals surface area contributed by atoms with Crippen LogP contribution in [-0.4, -0.2) is 36.1 Å². The van der Waals surface area contributed by atoms with Crippen LogP contribution in [0.4, 0.5) is 8.78 Å². The number of rotatable bonds is 4. The van der Waals surface area contributed by atoms with Gasteiger partial charge in [-0.3, -0.25) is 4.90 Å². The van der Waals surface area contributed by atoms with E-state index in [0.717, 1.165) is 19.4 Å². The first kappa shape index (κ1) is 16.4. The number of halogens is 2. The highest BCUT2D eigenvalue weighted by Crippen LogP contribution is 2.31. The van der Waals surface area contributed by atoms with E-state index in [0.29, 0.717) is 6.54 Å². The molecule has 1 N–H and O–H groups in total. The Kier molecular flexibility index (Phi) is 4.99. The van der Waals surface area contributed by atoms with Crippen LogP contribution >= 0.6 is 0 Å². The lowest BCUT2D eigenvalue weighted by Crippen LogP contribution is -2.51. The Morgan fingerprint density at radius 3 is 2.62 bits per heavy atom. The van der Waals surface area contributed by atoms with Crippen LogP contribution in [0.3, 0.4) is 0 Å². The van der Waals surface area contributed by atoms with E-state index in [2.05, 4.69) is 19.2 Å². The number of nitrogens with one attached hydrogen (secondary N) is 1. The third-order valence-electron chi connectivity index (χ3n) is 4.67. The molecular formula is C17H26F2N2. The van der Waals surface area contributed by atoms with Gasteiger partial charge in [0.15, 0.2) is 0 Å². The van der Waals surface area contributed by atoms with Crippen molar-refractivity contribution in [1.82, 2.24) is 10.2 Å². The van der Waals surface area contributed by atoms with Gasteiger partial charge in [0.05, 0.1) is 6.54 Å². The van der Waals surface area contributed by atoms with Gasteiger partial charge >= 0.3 is 0 Å². The SMILES string of the molecule is CCC1(C)CN(CC(F)(F)c2ccccc2)C(C)CCN1. The molecule has 0 saturated carbocycles. The molecule has 0 spiro atoms. The molecule has 1 aliphatic rings. The van der Waals surface area contributed by atoms with Crippen LogP contribution in [0.15, 0.2) is 30.3 Å². The Labute approximate surface area is 126 Å². The van der Waals surface area contributed by atoms with E-state index in [-0.39, 0.29) is 23.7 Å². The van der Waals surface area contributed by atoms with Crippen LogP contribution in [0.25, 0.3) is 0 Å². The van der Waals surface area contributed by atoms with Crippen molar-refractivity contribution in [2.24, 2.45) is 0 Å². The Hall–Kier alpha value is -1.00. The molecule has 1 aliphatic heterocycles. The first-order valence-corrected chi connectivity index (χ1v) is 7.79. The third kappa shape index (κ3) is 4.01. The molecule has 1 fully saturated rings. The van der Waals surface area contributed by atoms with Crippen molar-refractivity contribution >= 4 is 0 Å². The van der Waals surface area contributed by atoms with Crippen molar-refractivity contribution < 1.29 is 8.78 Å². The highest BCUT2D eigenvalue weighted by Gasteiger charge is 2.38. The number of alkyl halides is 2. The van der Waals surface area contributed by atoms with E-state index >= 15 is 0 Å². The topological polar surface area (TPSA) is 15.3 Å². The summed E-state index contributed by atoms with van der Waals surface area (Å²) < 4.78 is 29.1. The number of nitrogens with zero attached hydrogens (tertiary/aromatic N) is 1. The van der Waals surface area contributed by atoms with Crippen molar-refractivity contribution in [3.63, 3.8) is 0 Å². The van der Waals surface area contributed by atoms with Gasteiger partial charge in [0.25, 0.3) is 5.92 Å². The van der Waals surface area contributed by atoms with E-state index in [1.54, 1.807) is 18.2 Å². The molecule has 0 aliphatic carbocycles. The lowest BCUT2D eigenvalue weighted by Gasteiger charge is -2.36. The molecule has 21 heavy (non-hydrogen) atoms. The monoisotopic (exact) mass is 296 g/mol. The van der Waals surface area contributed by atoms with Gasteiger partial charge in [0.2, 0.25) is 0 Å². The quantitative estimate of drug-likeness (QED) is 0.912. The highest BCUT2D eigenvalue weighted by atomic mass is 19.3. The van der Waals surface area contributed by atoms with Gasteiger partial charge < -0.3 is 5.32 Å². The average molecular weight is 296 g/mol. The zero-order chi connectivity index (χ0) is 15.5. The molecule has 1 saturated heterocycles. The molecule has 2 rings (SSSR count). The van der Waals surface area contributed by atoms with Crippen LogP contribution in [0.2, 0.25) is 0 Å². The molecule has 2 nitrogen and oxygen atoms in total. The first-order chi connectivity index (χ1) is 9.86. The summed E-state index contributed by atoms with van der Waals surface area (Å²) >= 11 is 0. The zero-order valence-electron chi connectivity index (χ0n) is 13.2. The van der Waals surface area contributed by atoms with Gasteiger partial charge in [-0.05, 0) is 33.2 Å². The molecule has 4 heteroatoms. The maximum atomic E-state index is 14.5. The van der Waals surface area contributed by atoms with Crippen molar-refractivity contribution in [1.29, 1.82) is 0 Å². The number of hydrogen-bond acceptors (Lipinski definition) is 2. The highest BCUT2D eigenvalue weighted by molar-refractivity contribution is 5.20. The third-order valence-corrected chi connectivity index (χ3v) is 4.67. The van der Waals surface area contributed by atoms with E-state index in [4.69, 9.17) is 0 Å². The molecule has 1 heterocycles. The van der Waals surface area contributed by atoms with Crippen LogP contribution in [0.1, 0.15) is 39.2 Å². The second kappa shape index (κ2) is 6.41. The smallest absolute Gasteiger partial charge is 0.285 e. The largest absolute Gasteiger partial charge is 0.310 e. The summed E-state index contributed by atoms with van der Waals surface area (Å²) in [4.78, 5) is 1.94. The fraction of sp³-hybridized carbons (Fsp3) is 0.647. The Balaban J connectivity index is 2.15. The second-order valence-electron chi connectivity index (χ2n) is 6.45. The predicted octanol–water partition coefficient (Wildman–Crippen LogP) is 3.63. The summed E-state index contributed by atoms with van der Waals surface area (Å²) in [5.41, 5.74) is 0.0185. The van der Waals surface area contributed by atoms with Gasteiger partial charge in [0, 0.05) is 23.7 Å². The average Bonchev–Trinajstić information content (AvgIpc) is 2.60. The lowest BCUT2D eigenvalue weighted by molar-refractivity contribution is -0.0496. The molecule has 0 bridgehead atoms. The zero-order valence-corrected chi connectivity index (χ0v) is 13.2. The molecule has 0 amide bonds. The van der Waals surface area contributed by atoms with E-state index in [1.807, 2.05) is 11.8 Å². The minimum atomic E-state index is -2.81. The van der Waals surface area contributed by atoms with Crippen molar-refractivity contribution in [3.05, 3.63) is 35.9 Å². The summed E-state index contributed by atoms with van der Waals surface area (Å²) in [5.74, 6) is -2.81. The van der Waals surface area contributed by atoms with Crippen LogP contribution < -0.4 is 5.32 Å². The maximum Gasteiger partial charge on any atom is 0.285 e. The molecule has 2 unspecified atom stereocenters. The standard InChI is InChI=1S/C17H26F2N2/c1-4-16(3)12-21(14(2)10-11-20-16)13-17(18,19)15-8-6-5-7-9-15/h5-9,14,20H,4,10-13H2,1-3H3. The minimum Gasteiger partial charge on any atom is -0.310 e. The van der Waals surface area contributed by atoms with Crippen molar-refractivity contribution in [2.75, 3.05) is 19.6 Å². The van der Waals surface area contributed by atoms with Crippen LogP contribution in [-0.2, 0) is 5.92 Å². The fourth-order valence-electron chi connectivity index (χ4n) is 2.90. The normalized spacial score (nSPS) is 28.3. The number of hydrogen-bond donors (Lipinski definition) is 1. The van der Waals surface area contributed by atoms with Gasteiger partial charge in [0.1, 0.15) is 0 Å². The molecule has 0 aromatic heterocycles. The van der Waals surface area contributed by atoms with E-state index in [9.17, 15) is 8.78 Å². The summed E-state index contributed by atoms with van der Waals surface area (Å²) in [5, 5.41) is 3.51. The van der Waals surface area contributed by atoms with Crippen molar-refractivity contribution in [3.8, 4) is 0 Å². The molecule has 0 radical (unpaired) electrons. The van der Waals surface area contributed by atoms with Gasteiger partial charge in [-0.25, -0.2) is 0 Å². The summed E-state index contributed by atoms with van der Waals surface area (Å²) in [6, 6.07) is 8.31. The molecule has 118 valence electrons. The maximum absolute atomic E-state index is 14.5. The van der Waals surface area contributed by atoms with E-state index in [1.165, 1.54) is 12.1 Å². The predicted molar refractivity (Wildman–Crippen MR) is 82.7 cm³/mol. The van der Waals surface area contributed by atoms with Crippen LogP contribution in [0, 0.1) is 0 Å². The summed E-state index contributed by atoms with van der Waals surface area (Å²) in [7, 11) is 0. The Morgan fingerprint density at radius 2 is 2.00 bits per heavy atom. The Bertz CT molecular complexity index is 449. The van der Waals surface area contributed by atoms with Crippen LogP contribution in [0.5, 0.6) is 0 Å². The lowest BCUT2D eigenvalue weighted by atomic mass is 9.97. The van der Waals surface area contributed by atoms with Gasteiger partial charge in [-0.15, -0.1) is 0 Å². The molecule has 2 atom stereocenters. The molecule has 1 aromatic carbocycles. The minimum absolute atomic E-state index is 0.0858. The second-order valence-corrected chi connectivity index (χ2v) is 6.45. The van der Waals surface area contributed by atoms with E-state index < -0.39 is 5.92 Å². The molecular weight excluding hydrogens is 270 g/mol. The van der Waals surface area contributed by atoms with Crippen molar-refractivity contribution in [2.45, 2.75) is 51.1 Å². The first-order valence-electron chi connectivity index (χ1n) is 7.79. The Morgan fingerprint density at radius 1 is 1.33 bits per heavy atom. The summed E-state index contributed by atoms with van der Waals surface area (Å²) in [6.07, 6.45) is 1.84. The molecule has 1 aromatic rings. The van der Waals surface area contributed by atoms with Gasteiger partial charge in [-0.2, -0.15) is 8.78 Å².